The summed E-state index contributed by atoms with van der Waals surface area (Å²) >= 11 is 0. The maximum atomic E-state index is 13.3. The molecule has 38 heavy (non-hydrogen) atoms. The summed E-state index contributed by atoms with van der Waals surface area (Å²) in [5.74, 6) is 0.811. The van der Waals surface area contributed by atoms with Crippen molar-refractivity contribution in [3.8, 4) is 17.0 Å². The molecule has 3 atom stereocenters. The number of hydrogen-bond acceptors (Lipinski definition) is 9. The average Bonchev–Trinajstić information content (AvgIpc) is 3.80. The zero-order valence-corrected chi connectivity index (χ0v) is 21.0. The molecule has 0 bridgehead atoms. The Bertz CT molecular complexity index is 1480. The molecule has 10 heteroatoms. The van der Waals surface area contributed by atoms with E-state index < -0.39 is 6.10 Å². The molecule has 1 unspecified atom stereocenters. The van der Waals surface area contributed by atoms with Gasteiger partial charge in [0.25, 0.3) is 5.91 Å². The Labute approximate surface area is 219 Å². The summed E-state index contributed by atoms with van der Waals surface area (Å²) in [4.78, 5) is 33.0. The fourth-order valence-electron chi connectivity index (χ4n) is 5.17. The third kappa shape index (κ3) is 4.75. The summed E-state index contributed by atoms with van der Waals surface area (Å²) in [5.41, 5.74) is 11.0. The largest absolute Gasteiger partial charge is 0.481 e. The number of nitrogens with zero attached hydrogens (tertiary/aromatic N) is 5. The van der Waals surface area contributed by atoms with E-state index in [1.54, 1.807) is 50.1 Å². The standard InChI is InChI=1S/C28H29N7O3/c1-38-26-7-4-17(11-32-26)18-10-23-21(31-12-18)5-6-22(33-23)28(37)34-24-13-30-9-8-25(24)35-14-19(16-2-3-16)27(36)20(29)15-35/h4-13,16,19-20,27,36H,2-3,14-15,29H2,1H3,(H,34,37)/t19?,20-,27-/m1/s1. The van der Waals surface area contributed by atoms with E-state index in [2.05, 4.69) is 30.2 Å². The number of pyridine rings is 4. The van der Waals surface area contributed by atoms with Crippen LogP contribution in [0.4, 0.5) is 11.4 Å². The number of rotatable bonds is 6. The van der Waals surface area contributed by atoms with Crippen molar-refractivity contribution in [3.63, 3.8) is 0 Å². The quantitative estimate of drug-likeness (QED) is 0.356. The molecule has 6 rings (SSSR count). The number of hydrogen-bond donors (Lipinski definition) is 3. The molecule has 4 aromatic heterocycles. The molecule has 0 spiro atoms. The molecule has 194 valence electrons. The monoisotopic (exact) mass is 511 g/mol. The van der Waals surface area contributed by atoms with Crippen molar-refractivity contribution in [2.75, 3.05) is 30.4 Å². The molecule has 1 aliphatic heterocycles. The molecular formula is C28H29N7O3. The number of aromatic nitrogens is 4. The van der Waals surface area contributed by atoms with Gasteiger partial charge in [-0.3, -0.25) is 14.8 Å². The van der Waals surface area contributed by atoms with E-state index in [0.717, 1.165) is 29.7 Å². The highest BCUT2D eigenvalue weighted by Gasteiger charge is 2.43. The predicted octanol–water partition coefficient (Wildman–Crippen LogP) is 2.88. The number of ether oxygens (including phenoxy) is 1. The van der Waals surface area contributed by atoms with Gasteiger partial charge in [0.05, 0.1) is 41.8 Å². The number of aliphatic hydroxyl groups excluding tert-OH is 1. The molecule has 0 radical (unpaired) electrons. The van der Waals surface area contributed by atoms with Gasteiger partial charge in [-0.05, 0) is 49.1 Å². The topological polar surface area (TPSA) is 139 Å². The maximum absolute atomic E-state index is 13.3. The normalized spacial score (nSPS) is 21.3. The van der Waals surface area contributed by atoms with Crippen LogP contribution in [0.3, 0.4) is 0 Å². The van der Waals surface area contributed by atoms with Gasteiger partial charge in [0.15, 0.2) is 0 Å². The van der Waals surface area contributed by atoms with Gasteiger partial charge in [0.2, 0.25) is 5.88 Å². The molecule has 10 nitrogen and oxygen atoms in total. The fourth-order valence-corrected chi connectivity index (χ4v) is 5.17. The lowest BCUT2D eigenvalue weighted by Crippen LogP contribution is -2.57. The summed E-state index contributed by atoms with van der Waals surface area (Å²) in [5, 5.41) is 13.6. The van der Waals surface area contributed by atoms with Gasteiger partial charge in [-0.2, -0.15) is 0 Å². The van der Waals surface area contributed by atoms with Crippen LogP contribution >= 0.6 is 0 Å². The number of nitrogens with two attached hydrogens (primary N) is 1. The van der Waals surface area contributed by atoms with Crippen LogP contribution in [-0.2, 0) is 0 Å². The first-order valence-electron chi connectivity index (χ1n) is 12.7. The van der Waals surface area contributed by atoms with Gasteiger partial charge in [-0.15, -0.1) is 0 Å². The summed E-state index contributed by atoms with van der Waals surface area (Å²) < 4.78 is 5.13. The third-order valence-corrected chi connectivity index (χ3v) is 7.40. The van der Waals surface area contributed by atoms with Crippen molar-refractivity contribution >= 4 is 28.3 Å². The van der Waals surface area contributed by atoms with Gasteiger partial charge in [-0.25, -0.2) is 9.97 Å². The van der Waals surface area contributed by atoms with Gasteiger partial charge < -0.3 is 25.8 Å². The molecule has 5 heterocycles. The van der Waals surface area contributed by atoms with E-state index in [-0.39, 0.29) is 23.6 Å². The average molecular weight is 512 g/mol. The van der Waals surface area contributed by atoms with Crippen LogP contribution in [0.25, 0.3) is 22.2 Å². The van der Waals surface area contributed by atoms with Gasteiger partial charge in [0, 0.05) is 60.8 Å². The molecular weight excluding hydrogens is 482 g/mol. The zero-order valence-electron chi connectivity index (χ0n) is 21.0. The number of amides is 1. The van der Waals surface area contributed by atoms with Crippen LogP contribution in [0.5, 0.6) is 5.88 Å². The molecule has 0 aromatic carbocycles. The van der Waals surface area contributed by atoms with E-state index in [1.165, 1.54) is 0 Å². The van der Waals surface area contributed by atoms with Gasteiger partial charge in [-0.1, -0.05) is 0 Å². The Morgan fingerprint density at radius 2 is 1.89 bits per heavy atom. The molecule has 1 saturated carbocycles. The van der Waals surface area contributed by atoms with Crippen molar-refractivity contribution in [1.82, 2.24) is 19.9 Å². The van der Waals surface area contributed by atoms with E-state index in [4.69, 9.17) is 10.5 Å². The minimum absolute atomic E-state index is 0.125. The summed E-state index contributed by atoms with van der Waals surface area (Å²) in [7, 11) is 1.57. The van der Waals surface area contributed by atoms with Crippen LogP contribution in [0.15, 0.2) is 61.2 Å². The summed E-state index contributed by atoms with van der Waals surface area (Å²) in [6.07, 6.45) is 8.54. The highest BCUT2D eigenvalue weighted by molar-refractivity contribution is 6.05. The smallest absolute Gasteiger partial charge is 0.274 e. The van der Waals surface area contributed by atoms with Crippen molar-refractivity contribution in [2.24, 2.45) is 17.6 Å². The van der Waals surface area contributed by atoms with Crippen molar-refractivity contribution in [1.29, 1.82) is 0 Å². The molecule has 1 amide bonds. The number of nitrogens with one attached hydrogen (secondary N) is 1. The lowest BCUT2D eigenvalue weighted by Gasteiger charge is -2.42. The van der Waals surface area contributed by atoms with Crippen LogP contribution in [0, 0.1) is 11.8 Å². The van der Waals surface area contributed by atoms with Crippen LogP contribution in [-0.4, -0.2) is 63.3 Å². The van der Waals surface area contributed by atoms with Crippen molar-refractivity contribution < 1.29 is 14.6 Å². The Balaban J connectivity index is 1.24. The van der Waals surface area contributed by atoms with Crippen LogP contribution < -0.4 is 20.7 Å². The van der Waals surface area contributed by atoms with E-state index >= 15 is 0 Å². The lowest BCUT2D eigenvalue weighted by atomic mass is 9.87. The first kappa shape index (κ1) is 24.2. The molecule has 2 fully saturated rings. The second-order valence-corrected chi connectivity index (χ2v) is 9.96. The van der Waals surface area contributed by atoms with Crippen molar-refractivity contribution in [2.45, 2.75) is 25.0 Å². The predicted molar refractivity (Wildman–Crippen MR) is 144 cm³/mol. The first-order chi connectivity index (χ1) is 18.5. The van der Waals surface area contributed by atoms with E-state index in [9.17, 15) is 9.90 Å². The van der Waals surface area contributed by atoms with Gasteiger partial charge >= 0.3 is 0 Å². The number of methoxy groups -OCH3 is 1. The Morgan fingerprint density at radius 1 is 1.05 bits per heavy atom. The van der Waals surface area contributed by atoms with E-state index in [0.29, 0.717) is 41.6 Å². The van der Waals surface area contributed by atoms with Gasteiger partial charge in [0.1, 0.15) is 5.69 Å². The molecule has 2 aliphatic rings. The number of aliphatic hydroxyl groups is 1. The first-order valence-corrected chi connectivity index (χ1v) is 12.7. The molecule has 4 aromatic rings. The number of carbonyl (C=O) groups is 1. The SMILES string of the molecule is COc1ccc(-c2cnc3ccc(C(=O)Nc4cnccc4N4CC(C5CC5)[C@@H](O)[C@H](N)C4)nc3c2)cn1. The number of carbonyl (C=O) groups excluding carboxylic acids is 1. The number of fused-ring (bicyclic) bond motifs is 1. The Hall–Kier alpha value is -4.15. The molecule has 1 saturated heterocycles. The third-order valence-electron chi connectivity index (χ3n) is 7.40. The van der Waals surface area contributed by atoms with E-state index in [1.807, 2.05) is 18.2 Å². The summed E-state index contributed by atoms with van der Waals surface area (Å²) in [6, 6.07) is 10.5. The lowest BCUT2D eigenvalue weighted by molar-refractivity contribution is 0.0594. The fraction of sp³-hybridized carbons (Fsp3) is 0.321. The molecule has 1 aliphatic carbocycles. The number of anilines is 2. The number of piperidine rings is 1. The Morgan fingerprint density at radius 3 is 2.66 bits per heavy atom. The van der Waals surface area contributed by atoms with Crippen LogP contribution in [0.1, 0.15) is 23.3 Å². The minimum atomic E-state index is -0.507. The maximum Gasteiger partial charge on any atom is 0.274 e. The van der Waals surface area contributed by atoms with Crippen molar-refractivity contribution in [3.05, 3.63) is 66.9 Å². The Kier molecular flexibility index (Phi) is 6.34. The summed E-state index contributed by atoms with van der Waals surface area (Å²) in [6.45, 7) is 1.19. The second-order valence-electron chi connectivity index (χ2n) is 9.96. The minimum Gasteiger partial charge on any atom is -0.481 e. The zero-order chi connectivity index (χ0) is 26.2. The van der Waals surface area contributed by atoms with Crippen LogP contribution in [0.2, 0.25) is 0 Å². The highest BCUT2D eigenvalue weighted by Crippen LogP contribution is 2.42. The molecule has 4 N–H and O–H groups in total. The second kappa shape index (κ2) is 9.96. The highest BCUT2D eigenvalue weighted by atomic mass is 16.5.